The summed E-state index contributed by atoms with van der Waals surface area (Å²) in [5, 5.41) is 8.21. The zero-order valence-electron chi connectivity index (χ0n) is 17.9. The predicted octanol–water partition coefficient (Wildman–Crippen LogP) is 3.70. The maximum absolute atomic E-state index is 13.3. The predicted molar refractivity (Wildman–Crippen MR) is 120 cm³/mol. The molecular weight excluding hydrogens is 438 g/mol. The van der Waals surface area contributed by atoms with Crippen LogP contribution in [0.1, 0.15) is 44.4 Å². The van der Waals surface area contributed by atoms with Crippen LogP contribution < -0.4 is 0 Å². The third-order valence-electron chi connectivity index (χ3n) is 5.30. The van der Waals surface area contributed by atoms with E-state index in [9.17, 15) is 8.42 Å². The lowest BCUT2D eigenvalue weighted by Crippen LogP contribution is -2.28. The summed E-state index contributed by atoms with van der Waals surface area (Å²) in [6.07, 6.45) is 2.93. The van der Waals surface area contributed by atoms with Crippen molar-refractivity contribution < 1.29 is 13.2 Å². The molecule has 0 radical (unpaired) electrons. The zero-order valence-corrected chi connectivity index (χ0v) is 19.5. The topological polar surface area (TPSA) is 99.9 Å². The largest absolute Gasteiger partial charge is 0.383 e. The minimum absolute atomic E-state index is 0.146. The van der Waals surface area contributed by atoms with Crippen molar-refractivity contribution in [3.8, 4) is 11.4 Å². The van der Waals surface area contributed by atoms with E-state index in [0.717, 1.165) is 5.56 Å². The molecule has 0 bridgehead atoms. The summed E-state index contributed by atoms with van der Waals surface area (Å²) in [4.78, 5) is 8.35. The molecule has 31 heavy (non-hydrogen) atoms. The van der Waals surface area contributed by atoms with Crippen LogP contribution in [0.2, 0.25) is 5.02 Å². The van der Waals surface area contributed by atoms with Gasteiger partial charge in [-0.2, -0.15) is 0 Å². The molecular formula is C21H26ClN5O3S. The number of aromatic nitrogens is 5. The van der Waals surface area contributed by atoms with Crippen LogP contribution in [0.4, 0.5) is 0 Å². The lowest BCUT2D eigenvalue weighted by Gasteiger charge is -2.21. The Kier molecular flexibility index (Phi) is 7.40. The first kappa shape index (κ1) is 23.3. The van der Waals surface area contributed by atoms with Crippen LogP contribution in [-0.4, -0.2) is 52.1 Å². The fourth-order valence-corrected chi connectivity index (χ4v) is 5.04. The van der Waals surface area contributed by atoms with E-state index >= 15 is 0 Å². The van der Waals surface area contributed by atoms with E-state index in [-0.39, 0.29) is 11.8 Å². The third kappa shape index (κ3) is 5.28. The van der Waals surface area contributed by atoms with Crippen LogP contribution in [0.25, 0.3) is 11.4 Å². The molecule has 0 aliphatic heterocycles. The molecule has 1 aromatic carbocycles. The third-order valence-corrected chi connectivity index (χ3v) is 7.69. The summed E-state index contributed by atoms with van der Waals surface area (Å²) in [5.74, 6) is 0.750. The fraction of sp³-hybridized carbons (Fsp3) is 0.429. The molecule has 0 fully saturated rings. The Bertz CT molecular complexity index is 1100. The molecule has 0 spiro atoms. The lowest BCUT2D eigenvalue weighted by molar-refractivity contribution is 0.161. The number of benzene rings is 1. The monoisotopic (exact) mass is 463 g/mol. The van der Waals surface area contributed by atoms with E-state index in [1.165, 1.54) is 12.4 Å². The van der Waals surface area contributed by atoms with Crippen LogP contribution in [0.3, 0.4) is 0 Å². The normalized spacial score (nSPS) is 14.9. The van der Waals surface area contributed by atoms with Crippen LogP contribution in [0, 0.1) is 0 Å². The first-order valence-corrected chi connectivity index (χ1v) is 12.0. The van der Waals surface area contributed by atoms with Gasteiger partial charge in [-0.15, -0.1) is 10.2 Å². The lowest BCUT2D eigenvalue weighted by atomic mass is 10.1. The summed E-state index contributed by atoms with van der Waals surface area (Å²) < 4.78 is 33.7. The van der Waals surface area contributed by atoms with Gasteiger partial charge >= 0.3 is 0 Å². The van der Waals surface area contributed by atoms with Crippen molar-refractivity contribution in [2.75, 3.05) is 13.7 Å². The summed E-state index contributed by atoms with van der Waals surface area (Å²) in [7, 11) is -1.98. The van der Waals surface area contributed by atoms with E-state index in [1.54, 1.807) is 21.0 Å². The van der Waals surface area contributed by atoms with Gasteiger partial charge in [0.25, 0.3) is 0 Å². The molecule has 2 heterocycles. The molecule has 0 aliphatic carbocycles. The second kappa shape index (κ2) is 9.84. The van der Waals surface area contributed by atoms with Gasteiger partial charge in [0, 0.05) is 31.0 Å². The van der Waals surface area contributed by atoms with Gasteiger partial charge in [-0.05, 0) is 13.8 Å². The molecule has 0 N–H and O–H groups in total. The van der Waals surface area contributed by atoms with E-state index in [0.29, 0.717) is 29.1 Å². The quantitative estimate of drug-likeness (QED) is 0.476. The molecule has 10 heteroatoms. The average Bonchev–Trinajstić information content (AvgIpc) is 3.17. The Hall–Kier alpha value is -2.36. The van der Waals surface area contributed by atoms with Gasteiger partial charge in [-0.25, -0.2) is 18.4 Å². The summed E-state index contributed by atoms with van der Waals surface area (Å²) >= 11 is 5.85. The maximum Gasteiger partial charge on any atom is 0.164 e. The van der Waals surface area contributed by atoms with Crippen molar-refractivity contribution in [2.45, 2.75) is 43.7 Å². The standard InChI is InChI=1S/C21H26ClN5O3S/c1-14(12-30-4)27-19(25-26-21(27)17-8-6-5-7-9-17)13-31(28,29)16(3)15(2)20-23-10-18(22)11-24-20/h5-11,14-16H,12-13H2,1-4H3/t14-,15-,16-/m0/s1. The molecule has 3 rings (SSSR count). The van der Waals surface area contributed by atoms with Gasteiger partial charge < -0.3 is 9.30 Å². The molecule has 8 nitrogen and oxygen atoms in total. The smallest absolute Gasteiger partial charge is 0.164 e. The number of rotatable bonds is 9. The molecule has 0 saturated carbocycles. The second-order valence-corrected chi connectivity index (χ2v) is 10.3. The highest BCUT2D eigenvalue weighted by Gasteiger charge is 2.32. The number of halogens is 1. The molecule has 166 valence electrons. The Morgan fingerprint density at radius 2 is 1.71 bits per heavy atom. The average molecular weight is 464 g/mol. The molecule has 3 atom stereocenters. The van der Waals surface area contributed by atoms with Gasteiger partial charge in [-0.3, -0.25) is 0 Å². The van der Waals surface area contributed by atoms with Crippen molar-refractivity contribution in [1.29, 1.82) is 0 Å². The first-order chi connectivity index (χ1) is 14.7. The number of nitrogens with zero attached hydrogens (tertiary/aromatic N) is 5. The van der Waals surface area contributed by atoms with Crippen molar-refractivity contribution in [3.63, 3.8) is 0 Å². The van der Waals surface area contributed by atoms with Crippen molar-refractivity contribution >= 4 is 21.4 Å². The minimum Gasteiger partial charge on any atom is -0.383 e. The number of ether oxygens (including phenoxy) is 1. The van der Waals surface area contributed by atoms with E-state index in [1.807, 2.05) is 41.8 Å². The van der Waals surface area contributed by atoms with Gasteiger partial charge in [-0.1, -0.05) is 48.9 Å². The van der Waals surface area contributed by atoms with E-state index in [4.69, 9.17) is 16.3 Å². The first-order valence-electron chi connectivity index (χ1n) is 9.91. The Morgan fingerprint density at radius 3 is 2.32 bits per heavy atom. The zero-order chi connectivity index (χ0) is 22.6. The molecule has 2 aromatic heterocycles. The van der Waals surface area contributed by atoms with Crippen molar-refractivity contribution in [2.24, 2.45) is 0 Å². The molecule has 0 unspecified atom stereocenters. The highest BCUT2D eigenvalue weighted by molar-refractivity contribution is 7.91. The molecule has 0 amide bonds. The van der Waals surface area contributed by atoms with Gasteiger partial charge in [0.2, 0.25) is 0 Å². The fourth-order valence-electron chi connectivity index (χ4n) is 3.37. The Morgan fingerprint density at radius 1 is 1.06 bits per heavy atom. The van der Waals surface area contributed by atoms with Gasteiger partial charge in [0.15, 0.2) is 15.7 Å². The summed E-state index contributed by atoms with van der Waals surface area (Å²) in [5.41, 5.74) is 0.859. The summed E-state index contributed by atoms with van der Waals surface area (Å²) in [6, 6.07) is 9.41. The van der Waals surface area contributed by atoms with E-state index < -0.39 is 21.0 Å². The number of hydrogen-bond acceptors (Lipinski definition) is 7. The Labute approximate surface area is 187 Å². The number of sulfone groups is 1. The van der Waals surface area contributed by atoms with Crippen molar-refractivity contribution in [1.82, 2.24) is 24.7 Å². The van der Waals surface area contributed by atoms with Crippen LogP contribution in [0.5, 0.6) is 0 Å². The highest BCUT2D eigenvalue weighted by atomic mass is 35.5. The Balaban J connectivity index is 1.93. The van der Waals surface area contributed by atoms with Crippen LogP contribution >= 0.6 is 11.6 Å². The number of hydrogen-bond donors (Lipinski definition) is 0. The molecule has 0 aliphatic rings. The van der Waals surface area contributed by atoms with Crippen LogP contribution in [0.15, 0.2) is 42.7 Å². The van der Waals surface area contributed by atoms with Gasteiger partial charge in [0.05, 0.1) is 22.9 Å². The summed E-state index contributed by atoms with van der Waals surface area (Å²) in [6.45, 7) is 5.80. The van der Waals surface area contributed by atoms with Crippen LogP contribution in [-0.2, 0) is 20.3 Å². The van der Waals surface area contributed by atoms with Gasteiger partial charge in [0.1, 0.15) is 17.4 Å². The van der Waals surface area contributed by atoms with Crippen molar-refractivity contribution in [3.05, 3.63) is 59.4 Å². The van der Waals surface area contributed by atoms with E-state index in [2.05, 4.69) is 20.2 Å². The number of methoxy groups -OCH3 is 1. The minimum atomic E-state index is -3.59. The molecule has 0 saturated heterocycles. The molecule has 3 aromatic rings. The second-order valence-electron chi connectivity index (χ2n) is 7.54. The maximum atomic E-state index is 13.3. The SMILES string of the molecule is COC[C@H](C)n1c(CS(=O)(=O)[C@@H](C)[C@H](C)c2ncc(Cl)cn2)nnc1-c1ccccc1. The highest BCUT2D eigenvalue weighted by Crippen LogP contribution is 2.27.